The number of hydrogen-bond donors (Lipinski definition) is 2. The Bertz CT molecular complexity index is 690. The lowest BCUT2D eigenvalue weighted by atomic mass is 10.0. The molecule has 0 spiro atoms. The molecule has 2 aromatic rings. The number of nitrogens with one attached hydrogen (secondary N) is 1. The average molecular weight is 340 g/mol. The van der Waals surface area contributed by atoms with Crippen LogP contribution in [0.15, 0.2) is 54.6 Å². The van der Waals surface area contributed by atoms with Gasteiger partial charge in [0.25, 0.3) is 0 Å². The first kappa shape index (κ1) is 17.5. The third-order valence-corrected chi connectivity index (χ3v) is 4.44. The molecule has 5 nitrogen and oxygen atoms in total. The van der Waals surface area contributed by atoms with Gasteiger partial charge in [0.2, 0.25) is 5.91 Å². The zero-order valence-corrected chi connectivity index (χ0v) is 14.2. The van der Waals surface area contributed by atoms with E-state index in [1.54, 1.807) is 0 Å². The zero-order valence-electron chi connectivity index (χ0n) is 14.2. The zero-order chi connectivity index (χ0) is 17.5. The van der Waals surface area contributed by atoms with Crippen molar-refractivity contribution in [3.8, 4) is 11.5 Å². The maximum atomic E-state index is 12.5. The second kappa shape index (κ2) is 8.65. The Hall–Kier alpha value is -2.37. The smallest absolute Gasteiger partial charge is 0.238 e. The fourth-order valence-electron chi connectivity index (χ4n) is 3.12. The molecule has 0 aliphatic carbocycles. The summed E-state index contributed by atoms with van der Waals surface area (Å²) in [7, 11) is 0. The quantitative estimate of drug-likeness (QED) is 0.847. The van der Waals surface area contributed by atoms with E-state index in [0.29, 0.717) is 11.4 Å². The van der Waals surface area contributed by atoms with Gasteiger partial charge in [-0.15, -0.1) is 0 Å². The number of carbonyl (C=O) groups is 1. The molecule has 5 heteroatoms. The van der Waals surface area contributed by atoms with Gasteiger partial charge >= 0.3 is 0 Å². The molecular weight excluding hydrogens is 316 g/mol. The Morgan fingerprint density at radius 2 is 1.88 bits per heavy atom. The maximum absolute atomic E-state index is 12.5. The SMILES string of the molecule is O=C(CN1CCCCC1CO)Nc1ccccc1Oc1ccccc1. The van der Waals surface area contributed by atoms with Crippen LogP contribution in [0.4, 0.5) is 5.69 Å². The Morgan fingerprint density at radius 1 is 1.12 bits per heavy atom. The van der Waals surface area contributed by atoms with Gasteiger partial charge in [-0.2, -0.15) is 0 Å². The van der Waals surface area contributed by atoms with Crippen LogP contribution in [0.1, 0.15) is 19.3 Å². The number of nitrogens with zero attached hydrogens (tertiary/aromatic N) is 1. The maximum Gasteiger partial charge on any atom is 0.238 e. The van der Waals surface area contributed by atoms with Crippen molar-refractivity contribution in [1.82, 2.24) is 4.90 Å². The highest BCUT2D eigenvalue weighted by Gasteiger charge is 2.23. The van der Waals surface area contributed by atoms with Gasteiger partial charge in [-0.25, -0.2) is 0 Å². The number of anilines is 1. The number of likely N-dealkylation sites (tertiary alicyclic amines) is 1. The standard InChI is InChI=1S/C20H24N2O3/c23-15-16-8-6-7-13-22(16)14-20(24)21-18-11-4-5-12-19(18)25-17-9-2-1-3-10-17/h1-5,9-12,16,23H,6-8,13-15H2,(H,21,24). The molecule has 0 bridgehead atoms. The van der Waals surface area contributed by atoms with E-state index in [1.165, 1.54) is 0 Å². The van der Waals surface area contributed by atoms with E-state index in [4.69, 9.17) is 4.74 Å². The van der Waals surface area contributed by atoms with Crippen LogP contribution < -0.4 is 10.1 Å². The highest BCUT2D eigenvalue weighted by molar-refractivity contribution is 5.93. The Labute approximate surface area is 148 Å². The Morgan fingerprint density at radius 3 is 2.68 bits per heavy atom. The number of aliphatic hydroxyl groups excluding tert-OH is 1. The van der Waals surface area contributed by atoms with E-state index in [-0.39, 0.29) is 25.1 Å². The number of benzene rings is 2. The van der Waals surface area contributed by atoms with Crippen LogP contribution in [-0.4, -0.2) is 41.7 Å². The van der Waals surface area contributed by atoms with E-state index in [9.17, 15) is 9.90 Å². The molecule has 1 aliphatic rings. The van der Waals surface area contributed by atoms with Crippen molar-refractivity contribution in [2.24, 2.45) is 0 Å². The number of aliphatic hydroxyl groups is 1. The highest BCUT2D eigenvalue weighted by Crippen LogP contribution is 2.29. The summed E-state index contributed by atoms with van der Waals surface area (Å²) in [6, 6.07) is 17.0. The normalized spacial score (nSPS) is 17.9. The minimum Gasteiger partial charge on any atom is -0.455 e. The molecule has 1 amide bonds. The minimum atomic E-state index is -0.0931. The predicted octanol–water partition coefficient (Wildman–Crippen LogP) is 3.26. The summed E-state index contributed by atoms with van der Waals surface area (Å²) in [6.07, 6.45) is 3.12. The van der Waals surface area contributed by atoms with Gasteiger partial charge in [-0.05, 0) is 43.7 Å². The fraction of sp³-hybridized carbons (Fsp3) is 0.350. The molecule has 2 aromatic carbocycles. The molecule has 1 atom stereocenters. The van der Waals surface area contributed by atoms with Crippen molar-refractivity contribution in [2.45, 2.75) is 25.3 Å². The van der Waals surface area contributed by atoms with Crippen LogP contribution in [0, 0.1) is 0 Å². The number of para-hydroxylation sites is 3. The van der Waals surface area contributed by atoms with Crippen LogP contribution >= 0.6 is 0 Å². The van der Waals surface area contributed by atoms with Crippen molar-refractivity contribution in [3.63, 3.8) is 0 Å². The van der Waals surface area contributed by atoms with Crippen molar-refractivity contribution >= 4 is 11.6 Å². The van der Waals surface area contributed by atoms with Crippen LogP contribution in [0.3, 0.4) is 0 Å². The Balaban J connectivity index is 1.65. The first-order chi connectivity index (χ1) is 12.3. The summed E-state index contributed by atoms with van der Waals surface area (Å²) in [4.78, 5) is 14.5. The average Bonchev–Trinajstić information content (AvgIpc) is 2.64. The molecule has 0 radical (unpaired) electrons. The van der Waals surface area contributed by atoms with Crippen molar-refractivity contribution < 1.29 is 14.6 Å². The van der Waals surface area contributed by atoms with Crippen LogP contribution in [-0.2, 0) is 4.79 Å². The molecule has 0 saturated carbocycles. The number of ether oxygens (including phenoxy) is 1. The molecule has 3 rings (SSSR count). The van der Waals surface area contributed by atoms with Gasteiger partial charge in [-0.1, -0.05) is 36.8 Å². The van der Waals surface area contributed by atoms with Gasteiger partial charge in [-0.3, -0.25) is 9.69 Å². The van der Waals surface area contributed by atoms with Gasteiger partial charge in [0.05, 0.1) is 18.8 Å². The minimum absolute atomic E-state index is 0.0790. The molecule has 0 aromatic heterocycles. The van der Waals surface area contributed by atoms with E-state index >= 15 is 0 Å². The highest BCUT2D eigenvalue weighted by atomic mass is 16.5. The molecule has 1 saturated heterocycles. The Kier molecular flexibility index (Phi) is 6.04. The van der Waals surface area contributed by atoms with E-state index in [2.05, 4.69) is 10.2 Å². The number of rotatable bonds is 6. The number of amides is 1. The summed E-state index contributed by atoms with van der Waals surface area (Å²) in [5, 5.41) is 12.4. The topological polar surface area (TPSA) is 61.8 Å². The fourth-order valence-corrected chi connectivity index (χ4v) is 3.12. The second-order valence-electron chi connectivity index (χ2n) is 6.26. The number of piperidine rings is 1. The summed E-state index contributed by atoms with van der Waals surface area (Å²) >= 11 is 0. The molecule has 2 N–H and O–H groups in total. The third-order valence-electron chi connectivity index (χ3n) is 4.44. The van der Waals surface area contributed by atoms with Crippen LogP contribution in [0.25, 0.3) is 0 Å². The molecule has 25 heavy (non-hydrogen) atoms. The predicted molar refractivity (Wildman–Crippen MR) is 97.9 cm³/mol. The molecule has 1 unspecified atom stereocenters. The molecular formula is C20H24N2O3. The largest absolute Gasteiger partial charge is 0.455 e. The molecule has 1 fully saturated rings. The first-order valence-corrected chi connectivity index (χ1v) is 8.73. The summed E-state index contributed by atoms with van der Waals surface area (Å²) < 4.78 is 5.87. The van der Waals surface area contributed by atoms with E-state index in [0.717, 1.165) is 31.6 Å². The monoisotopic (exact) mass is 340 g/mol. The van der Waals surface area contributed by atoms with Gasteiger partial charge in [0, 0.05) is 6.04 Å². The van der Waals surface area contributed by atoms with E-state index < -0.39 is 0 Å². The van der Waals surface area contributed by atoms with Crippen molar-refractivity contribution in [3.05, 3.63) is 54.6 Å². The van der Waals surface area contributed by atoms with Gasteiger partial charge < -0.3 is 15.2 Å². The first-order valence-electron chi connectivity index (χ1n) is 8.73. The lowest BCUT2D eigenvalue weighted by Gasteiger charge is -2.33. The van der Waals surface area contributed by atoms with Crippen LogP contribution in [0.2, 0.25) is 0 Å². The van der Waals surface area contributed by atoms with Crippen molar-refractivity contribution in [2.75, 3.05) is 25.0 Å². The lowest BCUT2D eigenvalue weighted by Crippen LogP contribution is -2.45. The molecule has 1 aliphatic heterocycles. The van der Waals surface area contributed by atoms with Gasteiger partial charge in [0.1, 0.15) is 5.75 Å². The van der Waals surface area contributed by atoms with Gasteiger partial charge in [0.15, 0.2) is 5.75 Å². The number of carbonyl (C=O) groups excluding carboxylic acids is 1. The summed E-state index contributed by atoms with van der Waals surface area (Å²) in [5.41, 5.74) is 0.647. The summed E-state index contributed by atoms with van der Waals surface area (Å²) in [5.74, 6) is 1.24. The summed E-state index contributed by atoms with van der Waals surface area (Å²) in [6.45, 7) is 1.23. The van der Waals surface area contributed by atoms with E-state index in [1.807, 2.05) is 54.6 Å². The number of hydrogen-bond acceptors (Lipinski definition) is 4. The van der Waals surface area contributed by atoms with Crippen LogP contribution in [0.5, 0.6) is 11.5 Å². The lowest BCUT2D eigenvalue weighted by molar-refractivity contribution is -0.118. The molecule has 1 heterocycles. The molecule has 132 valence electrons. The second-order valence-corrected chi connectivity index (χ2v) is 6.26. The third kappa shape index (κ3) is 4.81. The van der Waals surface area contributed by atoms with Crippen molar-refractivity contribution in [1.29, 1.82) is 0 Å².